The van der Waals surface area contributed by atoms with Crippen LogP contribution in [-0.4, -0.2) is 6.98 Å². The number of anilines is 4. The van der Waals surface area contributed by atoms with Crippen molar-refractivity contribution in [3.63, 3.8) is 0 Å². The van der Waals surface area contributed by atoms with Crippen LogP contribution in [0, 0.1) is 0 Å². The zero-order valence-electron chi connectivity index (χ0n) is 16.6. The smallest absolute Gasteiger partial charge is 0.360 e. The van der Waals surface area contributed by atoms with Crippen molar-refractivity contribution in [3.05, 3.63) is 100 Å². The molecule has 0 fully saturated rings. The van der Waals surface area contributed by atoms with E-state index in [1.54, 1.807) is 22.7 Å². The monoisotopic (exact) mass is 432 g/mol. The molecule has 0 N–H and O–H groups in total. The summed E-state index contributed by atoms with van der Waals surface area (Å²) in [5.74, 6) is 0. The molecule has 7 rings (SSSR count). The van der Waals surface area contributed by atoms with E-state index in [-0.39, 0.29) is 6.98 Å². The Morgan fingerprint density at radius 1 is 0.484 bits per heavy atom. The van der Waals surface area contributed by atoms with Gasteiger partial charge in [-0.25, -0.2) is 0 Å². The first kappa shape index (κ1) is 17.4. The molecule has 0 unspecified atom stereocenters. The van der Waals surface area contributed by atoms with Gasteiger partial charge in [0.25, 0.3) is 0 Å². The molecule has 2 nitrogen and oxygen atoms in total. The fourth-order valence-corrected chi connectivity index (χ4v) is 6.69. The molecule has 0 radical (unpaired) electrons. The molecule has 0 spiro atoms. The molecule has 5 aromatic rings. The lowest BCUT2D eigenvalue weighted by Gasteiger charge is -2.46. The van der Waals surface area contributed by atoms with Gasteiger partial charge in [0.05, 0.1) is 0 Å². The molecule has 2 aromatic heterocycles. The van der Waals surface area contributed by atoms with E-state index in [0.717, 1.165) is 0 Å². The summed E-state index contributed by atoms with van der Waals surface area (Å²) in [4.78, 5) is 5.04. The normalized spacial score (nSPS) is 13.6. The van der Waals surface area contributed by atoms with Crippen molar-refractivity contribution >= 4 is 57.9 Å². The summed E-state index contributed by atoms with van der Waals surface area (Å²) in [6.45, 7) is 0.0557. The zero-order valence-corrected chi connectivity index (χ0v) is 18.2. The molecule has 31 heavy (non-hydrogen) atoms. The van der Waals surface area contributed by atoms with Crippen LogP contribution in [0.1, 0.15) is 0 Å². The molecule has 5 heteroatoms. The third-order valence-corrected chi connectivity index (χ3v) is 7.77. The number of thiophene rings is 2. The summed E-state index contributed by atoms with van der Waals surface area (Å²) in [6, 6.07) is 28.4. The second-order valence-electron chi connectivity index (χ2n) is 7.89. The second kappa shape index (κ2) is 6.61. The van der Waals surface area contributed by atoms with Gasteiger partial charge in [0, 0.05) is 55.4 Å². The molecule has 2 aliphatic rings. The van der Waals surface area contributed by atoms with E-state index in [0.29, 0.717) is 0 Å². The SMILES string of the molecule is c1ccc(N2B3c4c(cccc4-c4cscc4N3c3ccccc3)-c3cscc32)cc1. The molecule has 3 aromatic carbocycles. The molecule has 146 valence electrons. The summed E-state index contributed by atoms with van der Waals surface area (Å²) in [5.41, 5.74) is 11.7. The zero-order chi connectivity index (χ0) is 20.4. The average molecular weight is 432 g/mol. The van der Waals surface area contributed by atoms with Crippen LogP contribution in [0.4, 0.5) is 22.7 Å². The molecule has 0 atom stereocenters. The minimum atomic E-state index is 0.0557. The van der Waals surface area contributed by atoms with Crippen molar-refractivity contribution in [1.29, 1.82) is 0 Å². The van der Waals surface area contributed by atoms with Gasteiger partial charge in [0.2, 0.25) is 0 Å². The lowest BCUT2D eigenvalue weighted by molar-refractivity contribution is 1.28. The van der Waals surface area contributed by atoms with Crippen LogP contribution in [0.2, 0.25) is 0 Å². The molecule has 0 aliphatic carbocycles. The van der Waals surface area contributed by atoms with E-state index < -0.39 is 0 Å². The largest absolute Gasteiger partial charge is 0.421 e. The van der Waals surface area contributed by atoms with Gasteiger partial charge in [-0.15, -0.1) is 22.7 Å². The van der Waals surface area contributed by atoms with E-state index in [9.17, 15) is 0 Å². The minimum Gasteiger partial charge on any atom is -0.360 e. The van der Waals surface area contributed by atoms with Gasteiger partial charge >= 0.3 is 6.98 Å². The van der Waals surface area contributed by atoms with Crippen molar-refractivity contribution in [2.24, 2.45) is 0 Å². The highest BCUT2D eigenvalue weighted by Gasteiger charge is 2.47. The highest BCUT2D eigenvalue weighted by Crippen LogP contribution is 2.50. The Kier molecular flexibility index (Phi) is 3.71. The lowest BCUT2D eigenvalue weighted by atomic mass is 9.54. The van der Waals surface area contributed by atoms with Gasteiger partial charge in [0.1, 0.15) is 0 Å². The molecule has 0 saturated carbocycles. The van der Waals surface area contributed by atoms with Crippen molar-refractivity contribution in [2.45, 2.75) is 0 Å². The van der Waals surface area contributed by atoms with E-state index in [1.165, 1.54) is 50.5 Å². The summed E-state index contributed by atoms with van der Waals surface area (Å²) in [6.07, 6.45) is 0. The molecule has 0 saturated heterocycles. The Bertz CT molecular complexity index is 1300. The molecular weight excluding hydrogens is 415 g/mol. The number of fused-ring (bicyclic) bond motifs is 4. The van der Waals surface area contributed by atoms with Crippen LogP contribution in [0.5, 0.6) is 0 Å². The maximum absolute atomic E-state index is 2.52. The van der Waals surface area contributed by atoms with Crippen molar-refractivity contribution in [1.82, 2.24) is 0 Å². The quantitative estimate of drug-likeness (QED) is 0.274. The highest BCUT2D eigenvalue weighted by atomic mass is 32.1. The summed E-state index contributed by atoms with van der Waals surface area (Å²) < 4.78 is 0. The maximum Gasteiger partial charge on any atom is 0.421 e. The van der Waals surface area contributed by atoms with Crippen LogP contribution < -0.4 is 15.1 Å². The number of hydrogen-bond acceptors (Lipinski definition) is 4. The predicted molar refractivity (Wildman–Crippen MR) is 136 cm³/mol. The Morgan fingerprint density at radius 2 is 0.968 bits per heavy atom. The Hall–Kier alpha value is -3.28. The van der Waals surface area contributed by atoms with Gasteiger partial charge < -0.3 is 9.62 Å². The minimum absolute atomic E-state index is 0.0557. The fourth-order valence-electron chi connectivity index (χ4n) is 5.04. The standard InChI is InChI=1S/C26H17BN2S2/c1-3-8-18(9-4-1)28-24-16-30-14-22(24)20-12-7-13-21-23-15-31-17-25(23)29(27(28)26(20)21)19-10-5-2-6-11-19/h1-17H. The highest BCUT2D eigenvalue weighted by molar-refractivity contribution is 7.10. The van der Waals surface area contributed by atoms with E-state index >= 15 is 0 Å². The molecular formula is C26H17BN2S2. The molecule has 2 aliphatic heterocycles. The third kappa shape index (κ3) is 2.39. The first-order valence-electron chi connectivity index (χ1n) is 10.4. The Balaban J connectivity index is 1.60. The predicted octanol–water partition coefficient (Wildman–Crippen LogP) is 7.14. The Labute approximate surface area is 189 Å². The van der Waals surface area contributed by atoms with Gasteiger partial charge in [0.15, 0.2) is 0 Å². The van der Waals surface area contributed by atoms with Crippen LogP contribution in [0.3, 0.4) is 0 Å². The summed E-state index contributed by atoms with van der Waals surface area (Å²) >= 11 is 3.56. The van der Waals surface area contributed by atoms with Gasteiger partial charge in [-0.05, 0) is 40.9 Å². The lowest BCUT2D eigenvalue weighted by Crippen LogP contribution is -2.61. The second-order valence-corrected chi connectivity index (χ2v) is 9.38. The molecule has 0 amide bonds. The van der Waals surface area contributed by atoms with Crippen LogP contribution >= 0.6 is 22.7 Å². The summed E-state index contributed by atoms with van der Waals surface area (Å²) in [5, 5.41) is 9.19. The first-order chi connectivity index (χ1) is 15.4. The first-order valence-corrected chi connectivity index (χ1v) is 12.2. The number of benzene rings is 3. The van der Waals surface area contributed by atoms with E-state index in [2.05, 4.69) is 110 Å². The van der Waals surface area contributed by atoms with E-state index in [4.69, 9.17) is 0 Å². The number of rotatable bonds is 2. The Morgan fingerprint density at radius 3 is 1.45 bits per heavy atom. The molecule has 0 bridgehead atoms. The van der Waals surface area contributed by atoms with E-state index in [1.807, 2.05) is 0 Å². The maximum atomic E-state index is 2.52. The van der Waals surface area contributed by atoms with Gasteiger partial charge in [-0.1, -0.05) is 54.6 Å². The third-order valence-electron chi connectivity index (χ3n) is 6.30. The number of para-hydroxylation sites is 2. The van der Waals surface area contributed by atoms with Gasteiger partial charge in [-0.2, -0.15) is 0 Å². The van der Waals surface area contributed by atoms with Gasteiger partial charge in [-0.3, -0.25) is 0 Å². The van der Waals surface area contributed by atoms with Crippen LogP contribution in [-0.2, 0) is 0 Å². The van der Waals surface area contributed by atoms with Crippen LogP contribution in [0.15, 0.2) is 100 Å². The van der Waals surface area contributed by atoms with Crippen molar-refractivity contribution in [2.75, 3.05) is 9.62 Å². The van der Waals surface area contributed by atoms with Crippen molar-refractivity contribution < 1.29 is 0 Å². The number of nitrogens with zero attached hydrogens (tertiary/aromatic N) is 2. The fraction of sp³-hybridized carbons (Fsp3) is 0. The number of hydrogen-bond donors (Lipinski definition) is 0. The molecule has 4 heterocycles. The summed E-state index contributed by atoms with van der Waals surface area (Å²) in [7, 11) is 0. The average Bonchev–Trinajstić information content (AvgIpc) is 3.51. The topological polar surface area (TPSA) is 6.48 Å². The van der Waals surface area contributed by atoms with Crippen molar-refractivity contribution in [3.8, 4) is 22.3 Å². The van der Waals surface area contributed by atoms with Crippen LogP contribution in [0.25, 0.3) is 22.3 Å².